The summed E-state index contributed by atoms with van der Waals surface area (Å²) in [4.78, 5) is 19.2. The molecule has 1 N–H and O–H groups in total. The van der Waals surface area contributed by atoms with Crippen LogP contribution >= 0.6 is 0 Å². The van der Waals surface area contributed by atoms with Crippen molar-refractivity contribution in [2.24, 2.45) is 0 Å². The Bertz CT molecular complexity index is 1010. The molecule has 1 aliphatic rings. The SMILES string of the molecule is C=CS(=O)(=O)N[C@@H]1CCCN(C(=O)OC(C)C)[C@@H]1Cc1cccc(-c2ccccc2)n1. The van der Waals surface area contributed by atoms with Gasteiger partial charge in [-0.25, -0.2) is 17.9 Å². The van der Waals surface area contributed by atoms with Crippen LogP contribution in [0.2, 0.25) is 0 Å². The summed E-state index contributed by atoms with van der Waals surface area (Å²) >= 11 is 0. The van der Waals surface area contributed by atoms with E-state index in [1.165, 1.54) is 0 Å². The Morgan fingerprint density at radius 3 is 2.68 bits per heavy atom. The molecule has 0 bridgehead atoms. The summed E-state index contributed by atoms with van der Waals surface area (Å²) < 4.78 is 32.5. The zero-order chi connectivity index (χ0) is 22.4. The van der Waals surface area contributed by atoms with Crippen LogP contribution in [-0.2, 0) is 21.2 Å². The minimum absolute atomic E-state index is 0.266. The van der Waals surface area contributed by atoms with Gasteiger partial charge in [0.15, 0.2) is 0 Å². The van der Waals surface area contributed by atoms with Crippen LogP contribution in [0.25, 0.3) is 11.3 Å². The van der Waals surface area contributed by atoms with Gasteiger partial charge in [-0.3, -0.25) is 4.98 Å². The molecule has 166 valence electrons. The summed E-state index contributed by atoms with van der Waals surface area (Å²) in [5.41, 5.74) is 2.60. The first-order valence-corrected chi connectivity index (χ1v) is 12.0. The van der Waals surface area contributed by atoms with E-state index >= 15 is 0 Å². The number of nitrogens with one attached hydrogen (secondary N) is 1. The molecule has 1 amide bonds. The first-order chi connectivity index (χ1) is 14.8. The molecular formula is C23H29N3O4S. The van der Waals surface area contributed by atoms with E-state index in [1.807, 2.05) is 48.5 Å². The van der Waals surface area contributed by atoms with Gasteiger partial charge in [0.2, 0.25) is 10.0 Å². The fourth-order valence-corrected chi connectivity index (χ4v) is 4.57. The number of rotatable bonds is 7. The second-order valence-corrected chi connectivity index (χ2v) is 9.51. The van der Waals surface area contributed by atoms with Crippen molar-refractivity contribution in [2.75, 3.05) is 6.54 Å². The van der Waals surface area contributed by atoms with Gasteiger partial charge in [-0.05, 0) is 38.8 Å². The maximum absolute atomic E-state index is 12.8. The highest BCUT2D eigenvalue weighted by molar-refractivity contribution is 7.92. The molecule has 3 rings (SSSR count). The van der Waals surface area contributed by atoms with E-state index in [0.717, 1.165) is 22.4 Å². The van der Waals surface area contributed by atoms with Crippen LogP contribution in [0.15, 0.2) is 60.5 Å². The van der Waals surface area contributed by atoms with E-state index < -0.39 is 28.2 Å². The van der Waals surface area contributed by atoms with Gasteiger partial charge >= 0.3 is 6.09 Å². The van der Waals surface area contributed by atoms with Gasteiger partial charge in [0, 0.05) is 35.7 Å². The van der Waals surface area contributed by atoms with Crippen LogP contribution in [0.5, 0.6) is 0 Å². The molecule has 8 heteroatoms. The predicted molar refractivity (Wildman–Crippen MR) is 121 cm³/mol. The van der Waals surface area contributed by atoms with Crippen LogP contribution in [0.3, 0.4) is 0 Å². The van der Waals surface area contributed by atoms with Crippen molar-refractivity contribution < 1.29 is 17.9 Å². The van der Waals surface area contributed by atoms with Crippen molar-refractivity contribution in [2.45, 2.75) is 51.3 Å². The Morgan fingerprint density at radius 2 is 2.00 bits per heavy atom. The smallest absolute Gasteiger partial charge is 0.410 e. The average Bonchev–Trinajstić information content (AvgIpc) is 2.75. The Hall–Kier alpha value is -2.71. The number of sulfonamides is 1. The van der Waals surface area contributed by atoms with E-state index in [4.69, 9.17) is 9.72 Å². The van der Waals surface area contributed by atoms with Crippen LogP contribution in [0.1, 0.15) is 32.4 Å². The van der Waals surface area contributed by atoms with Gasteiger partial charge < -0.3 is 9.64 Å². The molecule has 0 unspecified atom stereocenters. The Labute approximate surface area is 184 Å². The van der Waals surface area contributed by atoms with Crippen LogP contribution in [-0.4, -0.2) is 49.1 Å². The molecule has 1 aliphatic heterocycles. The zero-order valence-corrected chi connectivity index (χ0v) is 18.7. The molecule has 1 saturated heterocycles. The van der Waals surface area contributed by atoms with Crippen LogP contribution in [0.4, 0.5) is 4.79 Å². The first kappa shape index (κ1) is 23.0. The third-order valence-electron chi connectivity index (χ3n) is 5.18. The number of aromatic nitrogens is 1. The van der Waals surface area contributed by atoms with Crippen molar-refractivity contribution in [1.29, 1.82) is 0 Å². The van der Waals surface area contributed by atoms with Crippen molar-refractivity contribution in [3.8, 4) is 11.3 Å². The number of likely N-dealkylation sites (tertiary alicyclic amines) is 1. The van der Waals surface area contributed by atoms with E-state index in [2.05, 4.69) is 11.3 Å². The van der Waals surface area contributed by atoms with Crippen molar-refractivity contribution in [3.63, 3.8) is 0 Å². The summed E-state index contributed by atoms with van der Waals surface area (Å²) in [7, 11) is -3.65. The van der Waals surface area contributed by atoms with Crippen LogP contribution < -0.4 is 4.72 Å². The number of carbonyl (C=O) groups is 1. The Morgan fingerprint density at radius 1 is 1.26 bits per heavy atom. The van der Waals surface area contributed by atoms with E-state index in [0.29, 0.717) is 25.8 Å². The molecule has 1 aromatic carbocycles. The molecule has 7 nitrogen and oxygen atoms in total. The fourth-order valence-electron chi connectivity index (χ4n) is 3.78. The van der Waals surface area contributed by atoms with Crippen molar-refractivity contribution >= 4 is 16.1 Å². The molecule has 31 heavy (non-hydrogen) atoms. The minimum atomic E-state index is -3.65. The lowest BCUT2D eigenvalue weighted by atomic mass is 9.93. The quantitative estimate of drug-likeness (QED) is 0.704. The molecule has 0 aliphatic carbocycles. The maximum Gasteiger partial charge on any atom is 0.410 e. The predicted octanol–water partition coefficient (Wildman–Crippen LogP) is 3.73. The molecule has 0 saturated carbocycles. The van der Waals surface area contributed by atoms with Crippen molar-refractivity contribution in [3.05, 3.63) is 66.2 Å². The lowest BCUT2D eigenvalue weighted by Gasteiger charge is -2.40. The number of ether oxygens (including phenoxy) is 1. The average molecular weight is 444 g/mol. The summed E-state index contributed by atoms with van der Waals surface area (Å²) in [5.74, 6) is 0. The molecule has 2 heterocycles. The van der Waals surface area contributed by atoms with Gasteiger partial charge in [-0.15, -0.1) is 0 Å². The number of nitrogens with zero attached hydrogens (tertiary/aromatic N) is 2. The van der Waals surface area contributed by atoms with Gasteiger partial charge in [0.25, 0.3) is 0 Å². The highest BCUT2D eigenvalue weighted by Gasteiger charge is 2.37. The van der Waals surface area contributed by atoms with Gasteiger partial charge in [0.1, 0.15) is 0 Å². The monoisotopic (exact) mass is 443 g/mol. The lowest BCUT2D eigenvalue weighted by Crippen LogP contribution is -2.58. The molecule has 2 atom stereocenters. The van der Waals surface area contributed by atoms with Gasteiger partial charge in [0.05, 0.1) is 17.8 Å². The summed E-state index contributed by atoms with van der Waals surface area (Å²) in [5, 5.41) is 0.893. The van der Waals surface area contributed by atoms with E-state index in [1.54, 1.807) is 18.7 Å². The summed E-state index contributed by atoms with van der Waals surface area (Å²) in [6.07, 6.45) is 0.977. The standard InChI is InChI=1S/C23H29N3O4S/c1-4-31(28,29)25-21-14-9-15-26(23(27)30-17(2)3)22(21)16-19-12-8-13-20(24-19)18-10-6-5-7-11-18/h4-8,10-13,17,21-22,25H,1,9,14-16H2,2-3H3/t21-,22-/m1/s1. The molecule has 0 spiro atoms. The third kappa shape index (κ3) is 6.15. The summed E-state index contributed by atoms with van der Waals surface area (Å²) in [6, 6.07) is 14.7. The Balaban J connectivity index is 1.91. The number of hydrogen-bond acceptors (Lipinski definition) is 5. The summed E-state index contributed by atoms with van der Waals surface area (Å²) in [6.45, 7) is 7.46. The number of hydrogen-bond donors (Lipinski definition) is 1. The normalized spacial score (nSPS) is 19.3. The molecular weight excluding hydrogens is 414 g/mol. The molecule has 0 radical (unpaired) electrons. The number of amides is 1. The fraction of sp³-hybridized carbons (Fsp3) is 0.391. The maximum atomic E-state index is 12.8. The van der Waals surface area contributed by atoms with Crippen LogP contribution in [0, 0.1) is 0 Å². The van der Waals surface area contributed by atoms with E-state index in [9.17, 15) is 13.2 Å². The topological polar surface area (TPSA) is 88.6 Å². The third-order valence-corrected chi connectivity index (χ3v) is 6.25. The highest BCUT2D eigenvalue weighted by Crippen LogP contribution is 2.24. The number of piperidine rings is 1. The van der Waals surface area contributed by atoms with Gasteiger partial charge in [-0.2, -0.15) is 0 Å². The Kier molecular flexibility index (Phi) is 7.46. The number of benzene rings is 1. The zero-order valence-electron chi connectivity index (χ0n) is 17.9. The molecule has 2 aromatic rings. The first-order valence-electron chi connectivity index (χ1n) is 10.4. The molecule has 1 fully saturated rings. The lowest BCUT2D eigenvalue weighted by molar-refractivity contribution is 0.0459. The minimum Gasteiger partial charge on any atom is -0.447 e. The van der Waals surface area contributed by atoms with Crippen molar-refractivity contribution in [1.82, 2.24) is 14.6 Å². The largest absolute Gasteiger partial charge is 0.447 e. The second-order valence-electron chi connectivity index (χ2n) is 7.86. The number of pyridine rings is 1. The second kappa shape index (κ2) is 10.1. The highest BCUT2D eigenvalue weighted by atomic mass is 32.2. The molecule has 1 aromatic heterocycles. The van der Waals surface area contributed by atoms with E-state index in [-0.39, 0.29) is 6.10 Å². The van der Waals surface area contributed by atoms with Gasteiger partial charge in [-0.1, -0.05) is 43.0 Å². The number of carbonyl (C=O) groups excluding carboxylic acids is 1.